The number of aryl methyl sites for hydroxylation is 1. The molecule has 2 aromatic rings. The maximum Gasteiger partial charge on any atom is 0.130 e. The van der Waals surface area contributed by atoms with Crippen LogP contribution in [0.3, 0.4) is 0 Å². The number of aromatic nitrogens is 2. The third-order valence-corrected chi connectivity index (χ3v) is 3.36. The number of benzene rings is 1. The molecule has 1 aromatic carbocycles. The van der Waals surface area contributed by atoms with Gasteiger partial charge >= 0.3 is 0 Å². The number of rotatable bonds is 5. The van der Waals surface area contributed by atoms with Crippen molar-refractivity contribution in [2.45, 2.75) is 46.4 Å². The van der Waals surface area contributed by atoms with Crippen molar-refractivity contribution in [2.24, 2.45) is 0 Å². The van der Waals surface area contributed by atoms with Crippen LogP contribution in [0.15, 0.2) is 30.7 Å². The summed E-state index contributed by atoms with van der Waals surface area (Å²) in [6, 6.07) is 6.13. The predicted molar refractivity (Wildman–Crippen MR) is 78.8 cm³/mol. The maximum absolute atomic E-state index is 9.56. The summed E-state index contributed by atoms with van der Waals surface area (Å²) in [6.07, 6.45) is 3.21. The molecule has 0 fully saturated rings. The quantitative estimate of drug-likeness (QED) is 0.909. The minimum Gasteiger partial charge on any atom is -0.487 e. The van der Waals surface area contributed by atoms with E-state index in [1.807, 2.05) is 37.6 Å². The first-order chi connectivity index (χ1) is 9.49. The summed E-state index contributed by atoms with van der Waals surface area (Å²) in [6.45, 7) is 8.48. The van der Waals surface area contributed by atoms with Gasteiger partial charge in [-0.05, 0) is 51.0 Å². The lowest BCUT2D eigenvalue weighted by atomic mass is 10.1. The van der Waals surface area contributed by atoms with Crippen LogP contribution in [0.1, 0.15) is 49.7 Å². The van der Waals surface area contributed by atoms with Crippen LogP contribution in [0.2, 0.25) is 0 Å². The van der Waals surface area contributed by atoms with E-state index in [1.54, 1.807) is 6.92 Å². The Hall–Kier alpha value is -1.81. The smallest absolute Gasteiger partial charge is 0.130 e. The second-order valence-corrected chi connectivity index (χ2v) is 5.38. The van der Waals surface area contributed by atoms with Crippen molar-refractivity contribution in [2.75, 3.05) is 0 Å². The Labute approximate surface area is 120 Å². The van der Waals surface area contributed by atoms with E-state index in [-0.39, 0.29) is 0 Å². The molecule has 0 amide bonds. The fourth-order valence-corrected chi connectivity index (χ4v) is 2.15. The van der Waals surface area contributed by atoms with Crippen LogP contribution in [0.4, 0.5) is 0 Å². The van der Waals surface area contributed by atoms with E-state index in [0.717, 1.165) is 22.6 Å². The van der Waals surface area contributed by atoms with Gasteiger partial charge in [0.05, 0.1) is 24.3 Å². The molecule has 0 unspecified atom stereocenters. The molecule has 0 bridgehead atoms. The Morgan fingerprint density at radius 1 is 1.30 bits per heavy atom. The second-order valence-electron chi connectivity index (χ2n) is 5.38. The molecule has 0 aliphatic heterocycles. The lowest BCUT2D eigenvalue weighted by Gasteiger charge is -2.14. The van der Waals surface area contributed by atoms with Gasteiger partial charge < -0.3 is 14.4 Å². The van der Waals surface area contributed by atoms with E-state index in [4.69, 9.17) is 4.74 Å². The molecule has 20 heavy (non-hydrogen) atoms. The van der Waals surface area contributed by atoms with Crippen molar-refractivity contribution in [3.05, 3.63) is 47.5 Å². The van der Waals surface area contributed by atoms with Crippen molar-refractivity contribution in [1.82, 2.24) is 9.55 Å². The number of nitrogens with zero attached hydrogens (tertiary/aromatic N) is 2. The van der Waals surface area contributed by atoms with Gasteiger partial charge in [-0.2, -0.15) is 0 Å². The number of ether oxygens (including phenoxy) is 1. The summed E-state index contributed by atoms with van der Waals surface area (Å²) in [7, 11) is 0. The highest BCUT2D eigenvalue weighted by Gasteiger charge is 2.08. The molecular weight excluding hydrogens is 252 g/mol. The van der Waals surface area contributed by atoms with Gasteiger partial charge in [-0.25, -0.2) is 4.98 Å². The largest absolute Gasteiger partial charge is 0.487 e. The zero-order valence-corrected chi connectivity index (χ0v) is 12.5. The van der Waals surface area contributed by atoms with E-state index >= 15 is 0 Å². The molecular formula is C16H22N2O2. The Kier molecular flexibility index (Phi) is 4.45. The average molecular weight is 274 g/mol. The van der Waals surface area contributed by atoms with Gasteiger partial charge in [0.15, 0.2) is 0 Å². The Bertz CT molecular complexity index is 574. The fourth-order valence-electron chi connectivity index (χ4n) is 2.15. The summed E-state index contributed by atoms with van der Waals surface area (Å²) in [5, 5.41) is 9.56. The summed E-state index contributed by atoms with van der Waals surface area (Å²) in [4.78, 5) is 4.17. The van der Waals surface area contributed by atoms with Crippen LogP contribution >= 0.6 is 0 Å². The molecule has 1 N–H and O–H groups in total. The number of hydrogen-bond acceptors (Lipinski definition) is 3. The molecule has 0 radical (unpaired) electrons. The normalized spacial score (nSPS) is 12.7. The van der Waals surface area contributed by atoms with E-state index in [2.05, 4.69) is 23.4 Å². The van der Waals surface area contributed by atoms with E-state index in [1.165, 1.54) is 0 Å². The highest BCUT2D eigenvalue weighted by Crippen LogP contribution is 2.23. The van der Waals surface area contributed by atoms with Gasteiger partial charge in [0.1, 0.15) is 12.4 Å². The van der Waals surface area contributed by atoms with Crippen molar-refractivity contribution in [1.29, 1.82) is 0 Å². The highest BCUT2D eigenvalue weighted by atomic mass is 16.5. The number of aliphatic hydroxyl groups excluding tert-OH is 1. The summed E-state index contributed by atoms with van der Waals surface area (Å²) in [5.74, 6) is 0.839. The number of hydrogen-bond donors (Lipinski definition) is 1. The molecule has 0 saturated heterocycles. The first-order valence-corrected chi connectivity index (χ1v) is 6.91. The lowest BCUT2D eigenvalue weighted by Crippen LogP contribution is -2.07. The number of aliphatic hydroxyl groups is 1. The van der Waals surface area contributed by atoms with Crippen molar-refractivity contribution >= 4 is 0 Å². The predicted octanol–water partition coefficient (Wildman–Crippen LogP) is 3.40. The standard InChI is InChI=1S/C16H22N2O2/c1-11(2)18-10-17-8-15(18)9-20-16-6-5-14(13(4)19)7-12(16)3/h5-8,10-11,13,19H,9H2,1-4H3/t13-/m0/s1. The summed E-state index contributed by atoms with van der Waals surface area (Å²) in [5.41, 5.74) is 2.99. The van der Waals surface area contributed by atoms with Gasteiger partial charge in [0.2, 0.25) is 0 Å². The van der Waals surface area contributed by atoms with Crippen LogP contribution in [0.25, 0.3) is 0 Å². The molecule has 108 valence electrons. The van der Waals surface area contributed by atoms with Gasteiger partial charge in [-0.3, -0.25) is 0 Å². The zero-order chi connectivity index (χ0) is 14.7. The van der Waals surface area contributed by atoms with Crippen molar-refractivity contribution in [3.8, 4) is 5.75 Å². The van der Waals surface area contributed by atoms with Gasteiger partial charge in [-0.15, -0.1) is 0 Å². The van der Waals surface area contributed by atoms with Gasteiger partial charge in [-0.1, -0.05) is 6.07 Å². The molecule has 0 saturated carbocycles. The Balaban J connectivity index is 2.09. The molecule has 0 aliphatic carbocycles. The Morgan fingerprint density at radius 2 is 2.05 bits per heavy atom. The van der Waals surface area contributed by atoms with Crippen molar-refractivity contribution in [3.63, 3.8) is 0 Å². The van der Waals surface area contributed by atoms with E-state index in [0.29, 0.717) is 12.6 Å². The minimum atomic E-state index is -0.454. The molecule has 0 aliphatic rings. The van der Waals surface area contributed by atoms with Crippen LogP contribution in [0.5, 0.6) is 5.75 Å². The third-order valence-electron chi connectivity index (χ3n) is 3.36. The molecule has 1 heterocycles. The average Bonchev–Trinajstić information content (AvgIpc) is 2.85. The summed E-state index contributed by atoms with van der Waals surface area (Å²) >= 11 is 0. The Morgan fingerprint density at radius 3 is 2.65 bits per heavy atom. The monoisotopic (exact) mass is 274 g/mol. The molecule has 1 aromatic heterocycles. The van der Waals surface area contributed by atoms with Gasteiger partial charge in [0, 0.05) is 6.04 Å². The lowest BCUT2D eigenvalue weighted by molar-refractivity contribution is 0.199. The van der Waals surface area contributed by atoms with Gasteiger partial charge in [0.25, 0.3) is 0 Å². The first kappa shape index (κ1) is 14.6. The molecule has 4 nitrogen and oxygen atoms in total. The van der Waals surface area contributed by atoms with E-state index in [9.17, 15) is 5.11 Å². The first-order valence-electron chi connectivity index (χ1n) is 6.91. The SMILES string of the molecule is Cc1cc([C@H](C)O)ccc1OCc1cncn1C(C)C. The van der Waals surface area contributed by atoms with Crippen LogP contribution < -0.4 is 4.74 Å². The topological polar surface area (TPSA) is 47.3 Å². The molecule has 2 rings (SSSR count). The van der Waals surface area contributed by atoms with Crippen LogP contribution in [-0.2, 0) is 6.61 Å². The molecule has 0 spiro atoms. The zero-order valence-electron chi connectivity index (χ0n) is 12.5. The van der Waals surface area contributed by atoms with Crippen LogP contribution in [0, 0.1) is 6.92 Å². The molecule has 4 heteroatoms. The van der Waals surface area contributed by atoms with E-state index < -0.39 is 6.10 Å². The van der Waals surface area contributed by atoms with Crippen molar-refractivity contribution < 1.29 is 9.84 Å². The second kappa shape index (κ2) is 6.09. The maximum atomic E-state index is 9.56. The summed E-state index contributed by atoms with van der Waals surface area (Å²) < 4.78 is 7.96. The van der Waals surface area contributed by atoms with Crippen LogP contribution in [-0.4, -0.2) is 14.7 Å². The third kappa shape index (κ3) is 3.20. The minimum absolute atomic E-state index is 0.370. The molecule has 1 atom stereocenters. The number of imidazole rings is 1. The highest BCUT2D eigenvalue weighted by molar-refractivity contribution is 5.37. The fraction of sp³-hybridized carbons (Fsp3) is 0.438.